The maximum Gasteiger partial charge on any atom is 0.268 e. The van der Waals surface area contributed by atoms with Gasteiger partial charge in [-0.25, -0.2) is 9.37 Å². The second kappa shape index (κ2) is 8.86. The van der Waals surface area contributed by atoms with Gasteiger partial charge in [0.1, 0.15) is 11.6 Å². The van der Waals surface area contributed by atoms with Crippen LogP contribution in [0.5, 0.6) is 11.6 Å². The van der Waals surface area contributed by atoms with Crippen LogP contribution in [0.2, 0.25) is 0 Å². The molecule has 0 saturated carbocycles. The van der Waals surface area contributed by atoms with Gasteiger partial charge in [-0.1, -0.05) is 0 Å². The maximum absolute atomic E-state index is 14.4. The molecule has 2 aliphatic heterocycles. The van der Waals surface area contributed by atoms with Crippen LogP contribution in [-0.2, 0) is 16.0 Å². The molecule has 3 heterocycles. The molecule has 5 rings (SSSR count). The van der Waals surface area contributed by atoms with Gasteiger partial charge in [-0.05, 0) is 43.0 Å². The van der Waals surface area contributed by atoms with Crippen LogP contribution in [0.1, 0.15) is 41.6 Å². The number of carbonyl (C=O) groups excluding carboxylic acids is 2. The van der Waals surface area contributed by atoms with Gasteiger partial charge >= 0.3 is 0 Å². The molecule has 1 aromatic carbocycles. The lowest BCUT2D eigenvalue weighted by Gasteiger charge is -2.21. The summed E-state index contributed by atoms with van der Waals surface area (Å²) in [6.45, 7) is 2.48. The van der Waals surface area contributed by atoms with Crippen LogP contribution >= 0.6 is 0 Å². The van der Waals surface area contributed by atoms with Crippen LogP contribution in [0.15, 0.2) is 30.5 Å². The Hall–Kier alpha value is -3.00. The number of carbonyl (C=O) groups is 2. The number of Topliss-reactive ketones (excluding diaryl/α,β-unsaturated/α-hetero) is 1. The summed E-state index contributed by atoms with van der Waals surface area (Å²) in [5.74, 6) is 0.578. The standard InChI is InChI=1S/C24H25FN2O5/c25-20-11-16(10-19-18(20)4-5-21(19)28)27-8-7-22(24(27)29)32-17-3-6-23(26-12-17)31-14-15-2-1-9-30-13-15/h3,6,10-12,15,22H,1-2,4-5,7-9,13-14H2/t15?,22-/m1/s1. The van der Waals surface area contributed by atoms with E-state index in [9.17, 15) is 14.0 Å². The largest absolute Gasteiger partial charge is 0.479 e. The SMILES string of the molecule is O=C1CCc2c(F)cc(N3CC[C@@H](Oc4ccc(OCC5CCCOC5)nc4)C3=O)cc21. The quantitative estimate of drug-likeness (QED) is 0.686. The highest BCUT2D eigenvalue weighted by molar-refractivity contribution is 6.04. The second-order valence-electron chi connectivity index (χ2n) is 8.49. The lowest BCUT2D eigenvalue weighted by molar-refractivity contribution is -0.122. The van der Waals surface area contributed by atoms with Crippen LogP contribution in [0, 0.1) is 11.7 Å². The Balaban J connectivity index is 1.20. The topological polar surface area (TPSA) is 78.0 Å². The molecule has 7 nitrogen and oxygen atoms in total. The van der Waals surface area contributed by atoms with E-state index < -0.39 is 11.9 Å². The van der Waals surface area contributed by atoms with Crippen molar-refractivity contribution in [1.29, 1.82) is 0 Å². The Morgan fingerprint density at radius 3 is 2.88 bits per heavy atom. The van der Waals surface area contributed by atoms with Crippen LogP contribution < -0.4 is 14.4 Å². The van der Waals surface area contributed by atoms with Crippen LogP contribution in [-0.4, -0.2) is 49.1 Å². The zero-order chi connectivity index (χ0) is 22.1. The zero-order valence-electron chi connectivity index (χ0n) is 17.7. The molecule has 0 spiro atoms. The van der Waals surface area contributed by atoms with Gasteiger partial charge in [0, 0.05) is 49.2 Å². The van der Waals surface area contributed by atoms with E-state index in [1.165, 1.54) is 17.2 Å². The summed E-state index contributed by atoms with van der Waals surface area (Å²) in [6.07, 6.45) is 4.19. The minimum atomic E-state index is -0.685. The number of nitrogens with zero attached hydrogens (tertiary/aromatic N) is 2. The van der Waals surface area contributed by atoms with E-state index in [0.29, 0.717) is 73.4 Å². The van der Waals surface area contributed by atoms with Gasteiger partial charge in [0.2, 0.25) is 5.88 Å². The zero-order valence-corrected chi connectivity index (χ0v) is 17.7. The van der Waals surface area contributed by atoms with Gasteiger partial charge in [0.05, 0.1) is 19.4 Å². The van der Waals surface area contributed by atoms with Crippen molar-refractivity contribution in [2.24, 2.45) is 5.92 Å². The van der Waals surface area contributed by atoms with Crippen LogP contribution in [0.25, 0.3) is 0 Å². The van der Waals surface area contributed by atoms with Gasteiger partial charge in [-0.15, -0.1) is 0 Å². The molecule has 2 saturated heterocycles. The monoisotopic (exact) mass is 440 g/mol. The number of halogens is 1. The number of hydrogen-bond donors (Lipinski definition) is 0. The highest BCUT2D eigenvalue weighted by Crippen LogP contribution is 2.32. The van der Waals surface area contributed by atoms with Crippen molar-refractivity contribution >= 4 is 17.4 Å². The highest BCUT2D eigenvalue weighted by Gasteiger charge is 2.36. The molecular formula is C24H25FN2O5. The number of amides is 1. The molecule has 2 atom stereocenters. The van der Waals surface area contributed by atoms with E-state index in [4.69, 9.17) is 14.2 Å². The molecule has 1 aliphatic carbocycles. The van der Waals surface area contributed by atoms with E-state index in [0.717, 1.165) is 19.4 Å². The smallest absolute Gasteiger partial charge is 0.268 e. The number of pyridine rings is 1. The molecule has 0 bridgehead atoms. The van der Waals surface area contributed by atoms with E-state index >= 15 is 0 Å². The first kappa shape index (κ1) is 20.9. The molecule has 0 radical (unpaired) electrons. The van der Waals surface area contributed by atoms with Gasteiger partial charge < -0.3 is 19.1 Å². The first-order chi connectivity index (χ1) is 15.6. The second-order valence-corrected chi connectivity index (χ2v) is 8.49. The number of aromatic nitrogens is 1. The third kappa shape index (κ3) is 4.19. The number of rotatable bonds is 6. The van der Waals surface area contributed by atoms with Crippen molar-refractivity contribution in [3.8, 4) is 11.6 Å². The summed E-state index contributed by atoms with van der Waals surface area (Å²) in [6, 6.07) is 6.41. The normalized spacial score (nSPS) is 22.8. The average molecular weight is 440 g/mol. The maximum atomic E-state index is 14.4. The van der Waals surface area contributed by atoms with E-state index in [1.807, 2.05) is 0 Å². The molecule has 2 aromatic rings. The molecule has 2 fully saturated rings. The molecule has 1 aromatic heterocycles. The van der Waals surface area contributed by atoms with Crippen molar-refractivity contribution in [3.05, 3.63) is 47.4 Å². The molecule has 8 heteroatoms. The third-order valence-electron chi connectivity index (χ3n) is 6.26. The van der Waals surface area contributed by atoms with Crippen molar-refractivity contribution in [2.75, 3.05) is 31.3 Å². The summed E-state index contributed by atoms with van der Waals surface area (Å²) >= 11 is 0. The number of ether oxygens (including phenoxy) is 3. The number of anilines is 1. The Morgan fingerprint density at radius 1 is 1.19 bits per heavy atom. The summed E-state index contributed by atoms with van der Waals surface area (Å²) < 4.78 is 31.5. The molecule has 32 heavy (non-hydrogen) atoms. The molecule has 0 N–H and O–H groups in total. The summed E-state index contributed by atoms with van der Waals surface area (Å²) in [4.78, 5) is 30.7. The Morgan fingerprint density at radius 2 is 2.09 bits per heavy atom. The number of ketones is 1. The Labute approximate surface area is 185 Å². The number of benzene rings is 1. The summed E-state index contributed by atoms with van der Waals surface area (Å²) in [5, 5.41) is 0. The van der Waals surface area contributed by atoms with Crippen molar-refractivity contribution in [1.82, 2.24) is 4.98 Å². The summed E-state index contributed by atoms with van der Waals surface area (Å²) in [5.41, 5.74) is 1.24. The van der Waals surface area contributed by atoms with E-state index in [1.54, 1.807) is 18.2 Å². The number of hydrogen-bond acceptors (Lipinski definition) is 6. The average Bonchev–Trinajstić information content (AvgIpc) is 3.37. The lowest BCUT2D eigenvalue weighted by atomic mass is 10.0. The van der Waals surface area contributed by atoms with Crippen molar-refractivity contribution in [2.45, 2.75) is 38.2 Å². The number of fused-ring (bicyclic) bond motifs is 1. The fourth-order valence-corrected chi connectivity index (χ4v) is 4.50. The van der Waals surface area contributed by atoms with Gasteiger partial charge in [-0.3, -0.25) is 9.59 Å². The molecule has 1 unspecified atom stereocenters. The lowest BCUT2D eigenvalue weighted by Crippen LogP contribution is -2.32. The minimum absolute atomic E-state index is 0.0791. The highest BCUT2D eigenvalue weighted by atomic mass is 19.1. The van der Waals surface area contributed by atoms with Crippen LogP contribution in [0.4, 0.5) is 10.1 Å². The van der Waals surface area contributed by atoms with Gasteiger partial charge in [-0.2, -0.15) is 0 Å². The Bertz CT molecular complexity index is 1020. The first-order valence-corrected chi connectivity index (χ1v) is 11.1. The Kier molecular flexibility index (Phi) is 5.78. The van der Waals surface area contributed by atoms with Crippen molar-refractivity contribution < 1.29 is 28.2 Å². The predicted octanol–water partition coefficient (Wildman–Crippen LogP) is 3.34. The first-order valence-electron chi connectivity index (χ1n) is 11.1. The van der Waals surface area contributed by atoms with E-state index in [-0.39, 0.29) is 11.7 Å². The van der Waals surface area contributed by atoms with E-state index in [2.05, 4.69) is 4.98 Å². The molecule has 3 aliphatic rings. The third-order valence-corrected chi connectivity index (χ3v) is 6.26. The molecule has 1 amide bonds. The van der Waals surface area contributed by atoms with Gasteiger partial charge in [0.25, 0.3) is 5.91 Å². The van der Waals surface area contributed by atoms with Gasteiger partial charge in [0.15, 0.2) is 11.9 Å². The fraction of sp³-hybridized carbons (Fsp3) is 0.458. The predicted molar refractivity (Wildman–Crippen MR) is 114 cm³/mol. The summed E-state index contributed by atoms with van der Waals surface area (Å²) in [7, 11) is 0. The minimum Gasteiger partial charge on any atom is -0.479 e. The van der Waals surface area contributed by atoms with Crippen molar-refractivity contribution in [3.63, 3.8) is 0 Å². The molecular weight excluding hydrogens is 415 g/mol. The molecule has 168 valence electrons. The van der Waals surface area contributed by atoms with Crippen LogP contribution in [0.3, 0.4) is 0 Å². The fourth-order valence-electron chi connectivity index (χ4n) is 4.50.